The van der Waals surface area contributed by atoms with Gasteiger partial charge in [-0.3, -0.25) is 19.6 Å². The number of fused-ring (bicyclic) bond motifs is 7. The fourth-order valence-corrected chi connectivity index (χ4v) is 9.34. The number of carbonyl (C=O) groups is 2. The molecular weight excluding hydrogens is 2360 g/mol. The number of nitrogen functional groups attached to an aromatic ring is 2. The predicted molar refractivity (Wildman–Crippen MR) is 531 cm³/mol. The van der Waals surface area contributed by atoms with Gasteiger partial charge in [-0.2, -0.15) is 19.9 Å². The molecule has 8 bridgehead atoms. The maximum Gasteiger partial charge on any atom is 0.211 e. The number of hydrogen-bond donors (Lipinski definition) is 4. The van der Waals surface area contributed by atoms with Crippen LogP contribution in [0.2, 0.25) is 0 Å². The van der Waals surface area contributed by atoms with Gasteiger partial charge in [0.25, 0.3) is 0 Å². The molecule has 1 fully saturated rings. The Morgan fingerprint density at radius 1 is 0.655 bits per heavy atom. The third-order valence-electron chi connectivity index (χ3n) is 14.1. The SMILES string of the molecule is C.C.C1CCOC1.C=CCOc1cc(CCl)cc(OC)c1.C=CCOc1cc(CO)cc(OC)c1.C=CCOc1cc(OC)cc(C(=O)OC)c1.CCOC(=O)N1Cc2cccc(c2)OC/C=C/COc2nc(N)c([N+](=O)[O-])c1n2.COc1cc2cc(c1)OC/C=C/COc1nc(N)c3[nH]c(=O)n(c3n1)C2.ClCCl.II(I)I(I)I.O=S(Cl)Cl.[HH].[HH].[HH]. The number of nitrogens with two attached hydrogens (primary N) is 2. The molecule has 0 atom stereocenters. The summed E-state index contributed by atoms with van der Waals surface area (Å²) in [5.41, 5.74) is 15.1. The number of anilines is 3. The van der Waals surface area contributed by atoms with E-state index in [9.17, 15) is 24.5 Å². The monoisotopic (exact) mass is 2460 g/mol. The predicted octanol–water partition coefficient (Wildman–Crippen LogP) is 20.9. The first-order chi connectivity index (χ1) is 56.2. The average Bonchev–Trinajstić information content (AvgIpc) is 1.57. The number of nitrogens with one attached hydrogen (secondary N) is 1. The molecule has 119 heavy (non-hydrogen) atoms. The Bertz CT molecular complexity index is 4460. The molecule has 664 valence electrons. The van der Waals surface area contributed by atoms with Crippen LogP contribution in [0.3, 0.4) is 0 Å². The van der Waals surface area contributed by atoms with E-state index in [0.29, 0.717) is 101 Å². The number of alkyl halides is 3. The first-order valence-electron chi connectivity index (χ1n) is 33.9. The van der Waals surface area contributed by atoms with Gasteiger partial charge >= 0.3 is 126 Å². The molecule has 0 saturated carbocycles. The van der Waals surface area contributed by atoms with E-state index >= 15 is 0 Å². The molecule has 11 rings (SSSR count). The normalized spacial score (nSPS) is 12.6. The first-order valence-corrected chi connectivity index (χ1v) is 69.7. The average molecular weight is 2460 g/mol. The maximum atomic E-state index is 12.6. The zero-order valence-corrected chi connectivity index (χ0v) is 81.4. The van der Waals surface area contributed by atoms with Crippen molar-refractivity contribution in [3.63, 3.8) is 0 Å². The molecular formula is C76H101Cl5I6N10O21S. The summed E-state index contributed by atoms with van der Waals surface area (Å²) < 4.78 is 84.0. The number of aliphatic hydroxyl groups excluding tert-OH is 1. The van der Waals surface area contributed by atoms with Gasteiger partial charge in [0, 0.05) is 69.0 Å². The number of hydrogen-bond acceptors (Lipinski definition) is 27. The van der Waals surface area contributed by atoms with E-state index in [4.69, 9.17) is 117 Å². The van der Waals surface area contributed by atoms with Crippen LogP contribution in [0, 0.1) is 10.1 Å². The topological polar surface area (TPSA) is 388 Å². The van der Waals surface area contributed by atoms with E-state index in [2.05, 4.69) is 145 Å². The molecule has 6 N–H and O–H groups in total. The van der Waals surface area contributed by atoms with Crippen molar-refractivity contribution in [2.24, 2.45) is 0 Å². The second-order valence-corrected chi connectivity index (χ2v) is 123. The molecule has 3 aliphatic heterocycles. The first kappa shape index (κ1) is 111. The summed E-state index contributed by atoms with van der Waals surface area (Å²) in [4.78, 5) is 67.3. The van der Waals surface area contributed by atoms with Crippen molar-refractivity contribution in [3.05, 3.63) is 208 Å². The Morgan fingerprint density at radius 3 is 1.58 bits per heavy atom. The number of esters is 1. The van der Waals surface area contributed by atoms with Gasteiger partial charge in [0.05, 0.1) is 77.7 Å². The van der Waals surface area contributed by atoms with E-state index in [1.54, 1.807) is 131 Å². The number of carbonyl (C=O) groups excluding carboxylic acids is 2. The van der Waals surface area contributed by atoms with Crippen LogP contribution in [0.4, 0.5) is 27.9 Å². The number of halogens is 11. The number of benzene rings is 5. The zero-order valence-electron chi connectivity index (χ0n) is 63.9. The van der Waals surface area contributed by atoms with Crippen LogP contribution < -0.4 is 74.2 Å². The smallest absolute Gasteiger partial charge is 0.211 e. The number of aromatic nitrogens is 6. The molecule has 5 aromatic carbocycles. The Balaban J connectivity index is -0.00000140. The minimum Gasteiger partial charge on any atom is -0.225 e. The second kappa shape index (κ2) is 64.5. The molecule has 0 radical (unpaired) electrons. The zero-order chi connectivity index (χ0) is 86.6. The molecule has 31 nitrogen and oxygen atoms in total. The molecule has 6 heterocycles. The van der Waals surface area contributed by atoms with Gasteiger partial charge in [0.2, 0.25) is 20.9 Å². The summed E-state index contributed by atoms with van der Waals surface area (Å²) in [6.45, 7) is 16.9. The number of methoxy groups -OCH3 is 5. The van der Waals surface area contributed by atoms with Gasteiger partial charge in [-0.1, -0.05) is 65.0 Å². The standard InChI is InChI=1S/C18H19N5O6.C17H17N5O4.C12H14O4.C11H13ClO2.C11H14O3.C4H8O.CH2Cl2.2CH4.Cl2OS.I6.3H2/c1-2-27-18(24)22-11-12-6-5-7-13(10-12)28-8-3-4-9-29-17-20-15(19)14(23(25)26)16(22)21-17;1-24-11-6-10-7-12(8-11)25-4-2-3-5-26-16-20-14(18)13-15(21-16)22(9-10)17(23)19-13;1-4-5-16-11-7-9(12(13)15-3)6-10(8-11)14-2;2*1-3-4-14-11-6-9(8-12)5-10(7-11)13-2;1-2-4-5-3-1;2-1-3;;;1-4(2)3;1-5(2)6(3)4;;;/h3-7,10H,2,8-9,11H2,1H3,(H2,19,20,21);2-3,6-8H,4-5,9H2,1H3,(H,19,23)(H2,18,20,21);4,6-8H,1,5H2,2-3H3;3,5-7H,1,4,8H2,2H3;3,5-7,12H,1,4,8H2,2H3;1-4H2;1H2;2*1H4;;;3*1H/b4-3+;3-2+;;;;;;;;;;;;. The number of amides is 1. The molecule has 0 unspecified atom stereocenters. The van der Waals surface area contributed by atoms with Gasteiger partial charge in [-0.15, -0.1) is 34.8 Å². The third kappa shape index (κ3) is 43.5. The second-order valence-electron chi connectivity index (χ2n) is 22.0. The Hall–Kier alpha value is -6.33. The summed E-state index contributed by atoms with van der Waals surface area (Å²) in [6.07, 6.45) is 13.8. The van der Waals surface area contributed by atoms with Crippen molar-refractivity contribution < 1.29 is 94.4 Å². The number of imidazole rings is 1. The van der Waals surface area contributed by atoms with Gasteiger partial charge < -0.3 is 87.9 Å². The van der Waals surface area contributed by atoms with E-state index < -0.39 is 37.7 Å². The number of ether oxygens (including phenoxy) is 14. The number of aliphatic hydroxyl groups is 1. The largest absolute Gasteiger partial charge is 0.225 e. The van der Waals surface area contributed by atoms with Crippen LogP contribution in [0.25, 0.3) is 11.2 Å². The minimum atomic E-state index is -1.67. The van der Waals surface area contributed by atoms with Crippen LogP contribution in [0.5, 0.6) is 63.8 Å². The summed E-state index contributed by atoms with van der Waals surface area (Å²) in [5, 5.41) is 20.8. The van der Waals surface area contributed by atoms with Crippen LogP contribution in [0.1, 0.15) is 71.5 Å². The molecule has 3 aromatic heterocycles. The van der Waals surface area contributed by atoms with Crippen LogP contribution >= 0.6 is 146 Å². The van der Waals surface area contributed by atoms with Gasteiger partial charge in [0.1, 0.15) is 104 Å². The Labute approximate surface area is 772 Å². The van der Waals surface area contributed by atoms with E-state index in [1.165, 1.54) is 31.6 Å². The van der Waals surface area contributed by atoms with Crippen molar-refractivity contribution >= 4 is 202 Å². The molecule has 8 aromatic rings. The molecule has 43 heteroatoms. The molecule has 0 spiro atoms. The summed E-state index contributed by atoms with van der Waals surface area (Å²) in [6, 6.07) is 28.1. The summed E-state index contributed by atoms with van der Waals surface area (Å²) in [5.74, 6) is 5.24. The van der Waals surface area contributed by atoms with Gasteiger partial charge in [-0.25, -0.2) is 18.6 Å². The molecule has 1 amide bonds. The number of H-pyrrole nitrogens is 1. The fraction of sp³-hybridized carbons (Fsp3) is 0.329. The van der Waals surface area contributed by atoms with Gasteiger partial charge in [0.15, 0.2) is 11.5 Å². The molecule has 1 saturated heterocycles. The van der Waals surface area contributed by atoms with Crippen LogP contribution in [0.15, 0.2) is 164 Å². The van der Waals surface area contributed by atoms with E-state index in [-0.39, 0.29) is 109 Å². The van der Waals surface area contributed by atoms with Gasteiger partial charge in [-0.05, 0) is 127 Å². The van der Waals surface area contributed by atoms with Crippen molar-refractivity contribution in [1.29, 1.82) is 0 Å². The fourth-order valence-electron chi connectivity index (χ4n) is 9.18. The van der Waals surface area contributed by atoms with E-state index in [1.807, 2.05) is 36.4 Å². The molecule has 0 aliphatic carbocycles. The van der Waals surface area contributed by atoms with Crippen LogP contribution in [-0.2, 0) is 49.0 Å². The van der Waals surface area contributed by atoms with Crippen molar-refractivity contribution in [2.45, 2.75) is 60.2 Å². The Kier molecular flexibility index (Phi) is 59.9. The van der Waals surface area contributed by atoms with Crippen molar-refractivity contribution in [2.75, 3.05) is 123 Å². The molecule has 3 aliphatic rings. The summed E-state index contributed by atoms with van der Waals surface area (Å²) >= 11 is 25.8. The summed E-state index contributed by atoms with van der Waals surface area (Å²) in [7, 11) is 14.3. The van der Waals surface area contributed by atoms with Crippen molar-refractivity contribution in [3.8, 4) is 63.8 Å². The van der Waals surface area contributed by atoms with Crippen molar-refractivity contribution in [1.82, 2.24) is 29.5 Å². The third-order valence-corrected chi connectivity index (χ3v) is 180. The van der Waals surface area contributed by atoms with E-state index in [0.717, 1.165) is 46.3 Å². The number of aromatic amines is 1. The number of rotatable bonds is 19. The minimum absolute atomic E-state index is 0. The van der Waals surface area contributed by atoms with Crippen LogP contribution in [-0.4, -0.2) is 163 Å². The Morgan fingerprint density at radius 2 is 1.11 bits per heavy atom. The number of nitro groups is 1. The maximum absolute atomic E-state index is 12.6. The quantitative estimate of drug-likeness (QED) is 0.0111. The number of nitrogens with zero attached hydrogens (tertiary/aromatic N) is 7.